The van der Waals surface area contributed by atoms with Crippen LogP contribution < -0.4 is 36.9 Å². The molecule has 17 rings (SSSR count). The van der Waals surface area contributed by atoms with Crippen LogP contribution in [0.25, 0.3) is 55.8 Å². The fourth-order valence-electron chi connectivity index (χ4n) is 10.6. The topological polar surface area (TPSA) is 114 Å². The van der Waals surface area contributed by atoms with Gasteiger partial charge >= 0.3 is 0 Å². The van der Waals surface area contributed by atoms with Gasteiger partial charge in [0.25, 0.3) is 0 Å². The second-order valence-corrected chi connectivity index (χ2v) is 27.5. The summed E-state index contributed by atoms with van der Waals surface area (Å²) in [6, 6.07) is 145. The molecular weight excluding hydrogens is 1630 g/mol. The zero-order valence-corrected chi connectivity index (χ0v) is 72.0. The fourth-order valence-corrected chi connectivity index (χ4v) is 13.3. The Morgan fingerprint density at radius 1 is 0.307 bits per heavy atom. The number of halogens is 3. The molecule has 17 aromatic rings. The van der Waals surface area contributed by atoms with Crippen molar-refractivity contribution in [2.24, 2.45) is 7.05 Å². The van der Waals surface area contributed by atoms with Crippen LogP contribution in [0.1, 0.15) is 0 Å². The van der Waals surface area contributed by atoms with E-state index < -0.39 is 7.92 Å². The first-order valence-electron chi connectivity index (χ1n) is 35.4. The molecule has 3 heterocycles. The SMILES string of the molecule is Cn1cc(-c2cc(Oc3ccc(N)cc3)c(Cl)cn2)cn1.Nc1ccc(Oc2cc(Cl)ncc2Cl)cc1.P.P.P.[Pd].[c-]1ccccc1.c1ccc(-c2ccccc2)cc1.c1ccc(-c2ccccc2)cc1.c1ccc(-c2ccccc2)cc1.c1ccc(-c2ccccc2)cc1.c1ccc(P(c2ccccc2)c2ccccc2)cc1. The summed E-state index contributed by atoms with van der Waals surface area (Å²) < 4.78 is 13.0. The molecule has 0 amide bonds. The molecule has 0 bridgehead atoms. The zero-order valence-electron chi connectivity index (χ0n) is 63.0. The van der Waals surface area contributed by atoms with Crippen LogP contribution >= 0.6 is 72.4 Å². The predicted molar refractivity (Wildman–Crippen MR) is 499 cm³/mol. The number of rotatable bonds is 12. The number of ether oxygens (including phenoxy) is 2. The maximum absolute atomic E-state index is 6.14. The molecule has 8 nitrogen and oxygen atoms in total. The predicted octanol–water partition coefficient (Wildman–Crippen LogP) is 25.8. The third-order valence-electron chi connectivity index (χ3n) is 16.0. The number of nitrogens with two attached hydrogens (primary N) is 2. The van der Waals surface area contributed by atoms with E-state index in [1.54, 1.807) is 77.7 Å². The largest absolute Gasteiger partial charge is 0.456 e. The third-order valence-corrected chi connectivity index (χ3v) is 19.2. The Morgan fingerprint density at radius 2 is 0.561 bits per heavy atom. The van der Waals surface area contributed by atoms with Crippen LogP contribution in [-0.2, 0) is 27.5 Å². The first-order valence-corrected chi connectivity index (χ1v) is 37.9. The number of pyridine rings is 2. The Hall–Kier alpha value is -11.0. The van der Waals surface area contributed by atoms with Crippen molar-refractivity contribution in [1.29, 1.82) is 0 Å². The Morgan fingerprint density at radius 3 is 0.807 bits per heavy atom. The van der Waals surface area contributed by atoms with E-state index in [1.807, 2.05) is 92.1 Å². The summed E-state index contributed by atoms with van der Waals surface area (Å²) in [6.07, 6.45) is 6.62. The van der Waals surface area contributed by atoms with E-state index in [1.165, 1.54) is 66.6 Å². The molecule has 0 aliphatic heterocycles. The molecule has 0 saturated carbocycles. The maximum Gasteiger partial charge on any atom is 0.150 e. The van der Waals surface area contributed by atoms with Crippen molar-refractivity contribution < 1.29 is 29.9 Å². The summed E-state index contributed by atoms with van der Waals surface area (Å²) in [5.41, 5.74) is 24.4. The Kier molecular flexibility index (Phi) is 42.2. The maximum atomic E-state index is 6.14. The molecule has 0 spiro atoms. The second-order valence-electron chi connectivity index (χ2n) is 24.0. The van der Waals surface area contributed by atoms with Gasteiger partial charge in [0.2, 0.25) is 0 Å². The Balaban J connectivity index is 0.000000205. The monoisotopic (exact) mass is 1720 g/mol. The van der Waals surface area contributed by atoms with Gasteiger partial charge in [-0.2, -0.15) is 71.2 Å². The number of benzene rings is 14. The number of hydrogen-bond donors (Lipinski definition) is 2. The molecule has 4 N–H and O–H groups in total. The van der Waals surface area contributed by atoms with E-state index in [-0.39, 0.29) is 50.1 Å². The molecule has 16 heteroatoms. The molecule has 576 valence electrons. The first-order chi connectivity index (χ1) is 54.1. The van der Waals surface area contributed by atoms with E-state index in [4.69, 9.17) is 55.7 Å². The third kappa shape index (κ3) is 31.9. The summed E-state index contributed by atoms with van der Waals surface area (Å²) in [6.45, 7) is 0. The summed E-state index contributed by atoms with van der Waals surface area (Å²) in [5, 5.41) is 9.50. The van der Waals surface area contributed by atoms with Gasteiger partial charge in [0.15, 0.2) is 5.75 Å². The number of anilines is 2. The van der Waals surface area contributed by atoms with Crippen LogP contribution in [-0.4, -0.2) is 19.7 Å². The van der Waals surface area contributed by atoms with E-state index in [0.717, 1.165) is 11.3 Å². The summed E-state index contributed by atoms with van der Waals surface area (Å²) in [5.74, 6) is 2.30. The van der Waals surface area contributed by atoms with Gasteiger partial charge in [-0.15, -0.1) is 0 Å². The molecule has 14 aromatic carbocycles. The van der Waals surface area contributed by atoms with Gasteiger partial charge in [-0.1, -0.05) is 368 Å². The normalized spacial score (nSPS) is 9.62. The van der Waals surface area contributed by atoms with Gasteiger partial charge in [-0.25, -0.2) is 4.98 Å². The molecule has 3 atom stereocenters. The molecular formula is C98H90Cl3N6O2P4Pd-. The van der Waals surface area contributed by atoms with Crippen molar-refractivity contribution in [2.75, 3.05) is 11.5 Å². The van der Waals surface area contributed by atoms with Gasteiger partial charge in [0.05, 0.1) is 18.1 Å². The quantitative estimate of drug-likeness (QED) is 0.0412. The molecule has 0 fully saturated rings. The van der Waals surface area contributed by atoms with Crippen LogP contribution in [0.15, 0.2) is 449 Å². The van der Waals surface area contributed by atoms with Crippen molar-refractivity contribution in [2.45, 2.75) is 0 Å². The van der Waals surface area contributed by atoms with Gasteiger partial charge in [0, 0.05) is 68.9 Å². The molecule has 0 aliphatic rings. The zero-order chi connectivity index (χ0) is 76.4. The summed E-state index contributed by atoms with van der Waals surface area (Å²) in [4.78, 5) is 8.12. The van der Waals surface area contributed by atoms with Crippen LogP contribution in [0.2, 0.25) is 15.2 Å². The Bertz CT molecular complexity index is 4770. The van der Waals surface area contributed by atoms with Crippen LogP contribution in [0.4, 0.5) is 11.4 Å². The summed E-state index contributed by atoms with van der Waals surface area (Å²) >= 11 is 17.8. The number of hydrogen-bond acceptors (Lipinski definition) is 7. The van der Waals surface area contributed by atoms with Gasteiger partial charge in [0.1, 0.15) is 32.4 Å². The second kappa shape index (κ2) is 52.4. The van der Waals surface area contributed by atoms with Crippen LogP contribution in [0.5, 0.6) is 23.0 Å². The molecule has 0 radical (unpaired) electrons. The smallest absolute Gasteiger partial charge is 0.150 e. The summed E-state index contributed by atoms with van der Waals surface area (Å²) in [7, 11) is 1.41. The Labute approximate surface area is 711 Å². The molecule has 0 aliphatic carbocycles. The molecule has 0 saturated heterocycles. The molecule has 3 unspecified atom stereocenters. The average Bonchev–Trinajstić information content (AvgIpc) is 1.74. The van der Waals surface area contributed by atoms with Crippen molar-refractivity contribution in [3.8, 4) is 78.8 Å². The van der Waals surface area contributed by atoms with Crippen molar-refractivity contribution >= 4 is 99.7 Å². The number of aromatic nitrogens is 4. The van der Waals surface area contributed by atoms with Crippen molar-refractivity contribution in [3.63, 3.8) is 0 Å². The number of nitrogen functional groups attached to an aromatic ring is 2. The van der Waals surface area contributed by atoms with Crippen molar-refractivity contribution in [3.05, 3.63) is 471 Å². The van der Waals surface area contributed by atoms with Gasteiger partial charge in [-0.3, -0.25) is 9.67 Å². The number of nitrogens with zero attached hydrogens (tertiary/aromatic N) is 4. The average molecular weight is 1720 g/mol. The van der Waals surface area contributed by atoms with Gasteiger partial charge < -0.3 is 20.9 Å². The minimum atomic E-state index is -0.446. The van der Waals surface area contributed by atoms with Crippen molar-refractivity contribution in [1.82, 2.24) is 19.7 Å². The molecule has 114 heavy (non-hydrogen) atoms. The van der Waals surface area contributed by atoms with Gasteiger partial charge in [-0.05, 0) is 117 Å². The van der Waals surface area contributed by atoms with E-state index in [0.29, 0.717) is 49.6 Å². The van der Waals surface area contributed by atoms with E-state index in [9.17, 15) is 0 Å². The van der Waals surface area contributed by atoms with E-state index in [2.05, 4.69) is 306 Å². The van der Waals surface area contributed by atoms with Crippen LogP contribution in [0.3, 0.4) is 0 Å². The van der Waals surface area contributed by atoms with Crippen LogP contribution in [0, 0.1) is 6.07 Å². The number of aryl methyl sites for hydroxylation is 1. The molecule has 3 aromatic heterocycles. The standard InChI is InChI=1S/C18H15P.C15H13ClN4O.4C12H10.C11H8Cl2N2O.C6H5.3H3P.Pd/c1-4-10-16(11-5-1)19(17-12-6-2-7-13-17)18-14-8-3-9-15-18;1-20-9-10(7-19-20)14-6-15(13(16)8-18-14)21-12-4-2-11(17)3-5-12;4*1-3-7-11(8-4-1)12-9-5-2-6-10-12;12-9-6-15-11(13)5-10(9)16-8-3-1-7(14)2-4-8;1-2-4-6-5-3-1;;;;/h1-15H;2-9H,17H2,1H3;4*1-10H;1-6H,14H2;1-5H;3*1H3;/q;;;;;;;-1;;;;. The first kappa shape index (κ1) is 91.9. The fraction of sp³-hybridized carbons (Fsp3) is 0.0102. The minimum absolute atomic E-state index is 0. The van der Waals surface area contributed by atoms with E-state index >= 15 is 0 Å². The minimum Gasteiger partial charge on any atom is -0.456 e.